The van der Waals surface area contributed by atoms with Gasteiger partial charge in [-0.2, -0.15) is 13.2 Å². The SMILES string of the molecule is CC1(C)CC(NC2CCCC(C(F)(F)F)C2)CCO1. The number of hydrogen-bond acceptors (Lipinski definition) is 2. The van der Waals surface area contributed by atoms with Crippen LogP contribution in [-0.2, 0) is 4.74 Å². The van der Waals surface area contributed by atoms with Gasteiger partial charge in [0.25, 0.3) is 0 Å². The molecular weight excluding hydrogens is 255 g/mol. The number of ether oxygens (including phenoxy) is 1. The zero-order valence-electron chi connectivity index (χ0n) is 11.7. The van der Waals surface area contributed by atoms with E-state index in [2.05, 4.69) is 5.32 Å². The van der Waals surface area contributed by atoms with E-state index >= 15 is 0 Å². The van der Waals surface area contributed by atoms with Crippen molar-refractivity contribution in [1.82, 2.24) is 5.32 Å². The first-order valence-corrected chi connectivity index (χ1v) is 7.23. The van der Waals surface area contributed by atoms with Gasteiger partial charge >= 0.3 is 6.18 Å². The Morgan fingerprint density at radius 3 is 2.47 bits per heavy atom. The van der Waals surface area contributed by atoms with Crippen LogP contribution in [0.5, 0.6) is 0 Å². The molecule has 0 aromatic carbocycles. The molecule has 1 saturated heterocycles. The summed E-state index contributed by atoms with van der Waals surface area (Å²) in [5.41, 5.74) is -0.159. The molecule has 0 aromatic rings. The lowest BCUT2D eigenvalue weighted by molar-refractivity contribution is -0.184. The van der Waals surface area contributed by atoms with Crippen LogP contribution in [0.2, 0.25) is 0 Å². The molecule has 1 aliphatic carbocycles. The highest BCUT2D eigenvalue weighted by Gasteiger charge is 2.42. The maximum absolute atomic E-state index is 12.8. The molecule has 0 aromatic heterocycles. The summed E-state index contributed by atoms with van der Waals surface area (Å²) in [4.78, 5) is 0. The molecule has 19 heavy (non-hydrogen) atoms. The van der Waals surface area contributed by atoms with Crippen molar-refractivity contribution in [2.24, 2.45) is 5.92 Å². The minimum atomic E-state index is -4.03. The first-order chi connectivity index (χ1) is 8.76. The normalized spacial score (nSPS) is 36.2. The lowest BCUT2D eigenvalue weighted by Gasteiger charge is -2.39. The molecule has 1 N–H and O–H groups in total. The Kier molecular flexibility index (Phi) is 4.45. The molecule has 1 saturated carbocycles. The van der Waals surface area contributed by atoms with Gasteiger partial charge in [-0.1, -0.05) is 6.42 Å². The third-order valence-electron chi connectivity index (χ3n) is 4.31. The van der Waals surface area contributed by atoms with Crippen molar-refractivity contribution in [3.8, 4) is 0 Å². The van der Waals surface area contributed by atoms with Crippen LogP contribution in [0, 0.1) is 5.92 Å². The van der Waals surface area contributed by atoms with E-state index in [0.29, 0.717) is 25.5 Å². The van der Waals surface area contributed by atoms with E-state index in [1.54, 1.807) is 0 Å². The topological polar surface area (TPSA) is 21.3 Å². The smallest absolute Gasteiger partial charge is 0.375 e. The van der Waals surface area contributed by atoms with Crippen LogP contribution in [0.15, 0.2) is 0 Å². The van der Waals surface area contributed by atoms with Gasteiger partial charge in [0.05, 0.1) is 11.5 Å². The molecule has 3 atom stereocenters. The fraction of sp³-hybridized carbons (Fsp3) is 1.00. The molecule has 1 aliphatic heterocycles. The fourth-order valence-corrected chi connectivity index (χ4v) is 3.35. The lowest BCUT2D eigenvalue weighted by Crippen LogP contribution is -2.49. The maximum Gasteiger partial charge on any atom is 0.391 e. The number of rotatable bonds is 2. The molecule has 112 valence electrons. The lowest BCUT2D eigenvalue weighted by atomic mass is 9.84. The van der Waals surface area contributed by atoms with Gasteiger partial charge in [0.15, 0.2) is 0 Å². The van der Waals surface area contributed by atoms with Gasteiger partial charge in [0.2, 0.25) is 0 Å². The second-order valence-corrected chi connectivity index (χ2v) is 6.57. The van der Waals surface area contributed by atoms with Crippen LogP contribution >= 0.6 is 0 Å². The third kappa shape index (κ3) is 4.35. The van der Waals surface area contributed by atoms with Crippen molar-refractivity contribution in [2.75, 3.05) is 6.61 Å². The summed E-state index contributed by atoms with van der Waals surface area (Å²) in [6, 6.07) is 0.306. The Bertz CT molecular complexity index is 304. The first-order valence-electron chi connectivity index (χ1n) is 7.23. The molecule has 0 bridgehead atoms. The van der Waals surface area contributed by atoms with Crippen molar-refractivity contribution in [1.29, 1.82) is 0 Å². The summed E-state index contributed by atoms with van der Waals surface area (Å²) in [5, 5.41) is 3.44. The van der Waals surface area contributed by atoms with Crippen LogP contribution in [0.25, 0.3) is 0 Å². The van der Waals surface area contributed by atoms with Gasteiger partial charge in [0.1, 0.15) is 0 Å². The van der Waals surface area contributed by atoms with Crippen LogP contribution in [-0.4, -0.2) is 30.5 Å². The summed E-state index contributed by atoms with van der Waals surface area (Å²) in [6.45, 7) is 4.78. The monoisotopic (exact) mass is 279 g/mol. The third-order valence-corrected chi connectivity index (χ3v) is 4.31. The number of nitrogens with one attached hydrogen (secondary N) is 1. The molecule has 2 nitrogen and oxygen atoms in total. The van der Waals surface area contributed by atoms with Crippen molar-refractivity contribution in [2.45, 2.75) is 76.2 Å². The van der Waals surface area contributed by atoms with Crippen molar-refractivity contribution >= 4 is 0 Å². The van der Waals surface area contributed by atoms with Gasteiger partial charge in [-0.3, -0.25) is 0 Å². The van der Waals surface area contributed by atoms with Gasteiger partial charge in [0, 0.05) is 18.7 Å². The van der Waals surface area contributed by atoms with E-state index in [1.807, 2.05) is 13.8 Å². The van der Waals surface area contributed by atoms with E-state index in [1.165, 1.54) is 0 Å². The minimum absolute atomic E-state index is 0.0132. The van der Waals surface area contributed by atoms with Crippen LogP contribution in [0.4, 0.5) is 13.2 Å². The average molecular weight is 279 g/mol. The van der Waals surface area contributed by atoms with Crippen molar-refractivity contribution in [3.63, 3.8) is 0 Å². The molecule has 1 heterocycles. The number of alkyl halides is 3. The quantitative estimate of drug-likeness (QED) is 0.833. The Morgan fingerprint density at radius 2 is 1.84 bits per heavy atom. The average Bonchev–Trinajstić information content (AvgIpc) is 2.26. The second-order valence-electron chi connectivity index (χ2n) is 6.57. The summed E-state index contributed by atoms with van der Waals surface area (Å²) in [6.07, 6.45) is -0.187. The van der Waals surface area contributed by atoms with Gasteiger partial charge in [-0.05, 0) is 46.0 Å². The zero-order valence-corrected chi connectivity index (χ0v) is 11.7. The summed E-state index contributed by atoms with van der Waals surface area (Å²) in [5.74, 6) is -1.12. The Labute approximate surface area is 113 Å². The van der Waals surface area contributed by atoms with Crippen molar-refractivity contribution < 1.29 is 17.9 Å². The van der Waals surface area contributed by atoms with Crippen LogP contribution < -0.4 is 5.32 Å². The van der Waals surface area contributed by atoms with E-state index in [0.717, 1.165) is 19.3 Å². The van der Waals surface area contributed by atoms with Gasteiger partial charge in [-0.25, -0.2) is 0 Å². The first kappa shape index (κ1) is 15.1. The summed E-state index contributed by atoms with van der Waals surface area (Å²) >= 11 is 0. The Morgan fingerprint density at radius 1 is 1.11 bits per heavy atom. The van der Waals surface area contributed by atoms with Crippen LogP contribution in [0.3, 0.4) is 0 Å². The molecule has 5 heteroatoms. The molecule has 2 fully saturated rings. The Balaban J connectivity index is 1.85. The number of hydrogen-bond donors (Lipinski definition) is 1. The predicted octanol–water partition coefficient (Wildman–Crippen LogP) is 3.65. The van der Waals surface area contributed by atoms with Gasteiger partial charge < -0.3 is 10.1 Å². The van der Waals surface area contributed by atoms with Crippen molar-refractivity contribution in [3.05, 3.63) is 0 Å². The molecule has 0 spiro atoms. The van der Waals surface area contributed by atoms with Crippen LogP contribution in [0.1, 0.15) is 52.4 Å². The number of halogens is 3. The molecule has 2 rings (SSSR count). The standard InChI is InChI=1S/C14H24F3NO/c1-13(2)9-12(6-7-19-13)18-11-5-3-4-10(8-11)14(15,16)17/h10-12,18H,3-9H2,1-2H3. The molecular formula is C14H24F3NO. The van der Waals surface area contributed by atoms with E-state index in [9.17, 15) is 13.2 Å². The fourth-order valence-electron chi connectivity index (χ4n) is 3.35. The van der Waals surface area contributed by atoms with E-state index in [-0.39, 0.29) is 18.1 Å². The minimum Gasteiger partial charge on any atom is -0.375 e. The second kappa shape index (κ2) is 5.60. The molecule has 0 radical (unpaired) electrons. The maximum atomic E-state index is 12.8. The molecule has 0 amide bonds. The van der Waals surface area contributed by atoms with E-state index < -0.39 is 12.1 Å². The van der Waals surface area contributed by atoms with E-state index in [4.69, 9.17) is 4.74 Å². The molecule has 2 aliphatic rings. The highest BCUT2D eigenvalue weighted by atomic mass is 19.4. The van der Waals surface area contributed by atoms with Gasteiger partial charge in [-0.15, -0.1) is 0 Å². The predicted molar refractivity (Wildman–Crippen MR) is 68.0 cm³/mol. The summed E-state index contributed by atoms with van der Waals surface area (Å²) in [7, 11) is 0. The largest absolute Gasteiger partial charge is 0.391 e. The summed E-state index contributed by atoms with van der Waals surface area (Å²) < 4.78 is 43.9. The highest BCUT2D eigenvalue weighted by Crippen LogP contribution is 2.38. The highest BCUT2D eigenvalue weighted by molar-refractivity contribution is 4.88. The zero-order chi connectivity index (χ0) is 14.1. The molecule has 3 unspecified atom stereocenters. The Hall–Kier alpha value is -0.290.